The van der Waals surface area contributed by atoms with Crippen LogP contribution in [0.5, 0.6) is 0 Å². The molecular weight excluding hydrogens is 225 g/mol. The average molecular weight is 235 g/mol. The Balaban J connectivity index is 2.45. The van der Waals surface area contributed by atoms with Gasteiger partial charge in [0.2, 0.25) is 5.78 Å². The van der Waals surface area contributed by atoms with Crippen molar-refractivity contribution in [1.29, 1.82) is 0 Å². The zero-order chi connectivity index (χ0) is 11.7. The number of thiazole rings is 1. The molecule has 4 heteroatoms. The van der Waals surface area contributed by atoms with E-state index < -0.39 is 0 Å². The van der Waals surface area contributed by atoms with E-state index in [0.29, 0.717) is 16.1 Å². The second-order valence-corrected chi connectivity index (χ2v) is 4.47. The van der Waals surface area contributed by atoms with Crippen LogP contribution in [0.25, 0.3) is 0 Å². The molecule has 0 saturated heterocycles. The Morgan fingerprint density at radius 1 is 1.31 bits per heavy atom. The van der Waals surface area contributed by atoms with Gasteiger partial charge < -0.3 is 0 Å². The highest BCUT2D eigenvalue weighted by atomic mass is 32.1. The lowest BCUT2D eigenvalue weighted by molar-refractivity contribution is 0.104. The topological polar surface area (TPSA) is 30.0 Å². The summed E-state index contributed by atoms with van der Waals surface area (Å²) in [5, 5.41) is 0. The molecule has 0 unspecified atom stereocenters. The van der Waals surface area contributed by atoms with Crippen molar-refractivity contribution < 1.29 is 9.18 Å². The van der Waals surface area contributed by atoms with Crippen molar-refractivity contribution in [2.45, 2.75) is 13.8 Å². The molecule has 0 N–H and O–H groups in total. The highest BCUT2D eigenvalue weighted by Gasteiger charge is 2.15. The molecule has 0 fully saturated rings. The van der Waals surface area contributed by atoms with Crippen LogP contribution in [0.4, 0.5) is 4.39 Å². The van der Waals surface area contributed by atoms with Crippen molar-refractivity contribution in [3.05, 3.63) is 51.2 Å². The van der Waals surface area contributed by atoms with E-state index in [4.69, 9.17) is 0 Å². The van der Waals surface area contributed by atoms with Crippen LogP contribution in [-0.4, -0.2) is 10.8 Å². The summed E-state index contributed by atoms with van der Waals surface area (Å²) in [6.07, 6.45) is 0. The van der Waals surface area contributed by atoms with Crippen molar-refractivity contribution >= 4 is 17.1 Å². The fourth-order valence-electron chi connectivity index (χ4n) is 1.52. The van der Waals surface area contributed by atoms with Gasteiger partial charge in [-0.2, -0.15) is 0 Å². The van der Waals surface area contributed by atoms with Gasteiger partial charge in [-0.25, -0.2) is 9.37 Å². The van der Waals surface area contributed by atoms with Gasteiger partial charge >= 0.3 is 0 Å². The summed E-state index contributed by atoms with van der Waals surface area (Å²) in [5.41, 5.74) is 3.43. The van der Waals surface area contributed by atoms with Gasteiger partial charge in [0.25, 0.3) is 0 Å². The lowest BCUT2D eigenvalue weighted by Gasteiger charge is -2.01. The number of halogens is 1. The maximum atomic E-state index is 13.2. The Kier molecular flexibility index (Phi) is 2.83. The molecule has 0 aliphatic carbocycles. The Hall–Kier alpha value is -1.55. The van der Waals surface area contributed by atoms with E-state index in [0.717, 1.165) is 5.56 Å². The summed E-state index contributed by atoms with van der Waals surface area (Å²) in [5.74, 6) is -0.548. The second-order valence-electron chi connectivity index (χ2n) is 3.61. The first-order valence-electron chi connectivity index (χ1n) is 4.80. The molecule has 0 bridgehead atoms. The Morgan fingerprint density at radius 3 is 2.62 bits per heavy atom. The van der Waals surface area contributed by atoms with Gasteiger partial charge in [0.15, 0.2) is 0 Å². The number of nitrogens with zero attached hydrogens (tertiary/aromatic N) is 1. The molecular formula is C12H10FNOS. The predicted molar refractivity (Wildman–Crippen MR) is 61.4 cm³/mol. The number of rotatable bonds is 2. The molecule has 0 aliphatic rings. The lowest BCUT2D eigenvalue weighted by Crippen LogP contribution is -2.02. The van der Waals surface area contributed by atoms with E-state index in [-0.39, 0.29) is 11.6 Å². The molecule has 0 radical (unpaired) electrons. The van der Waals surface area contributed by atoms with Gasteiger partial charge in [-0.05, 0) is 37.6 Å². The number of carbonyl (C=O) groups excluding carboxylic acids is 1. The minimum Gasteiger partial charge on any atom is -0.288 e. The van der Waals surface area contributed by atoms with Crippen molar-refractivity contribution in [3.8, 4) is 0 Å². The van der Waals surface area contributed by atoms with Gasteiger partial charge in [-0.15, -0.1) is 11.3 Å². The quantitative estimate of drug-likeness (QED) is 0.748. The van der Waals surface area contributed by atoms with Crippen molar-refractivity contribution in [3.63, 3.8) is 0 Å². The van der Waals surface area contributed by atoms with Gasteiger partial charge in [0.05, 0.1) is 16.1 Å². The standard InChI is InChI=1S/C12H10FNOS/c1-7-3-9(5-10(13)4-7)11(15)12-8(2)14-6-16-12/h3-6H,1-2H3. The first-order chi connectivity index (χ1) is 7.58. The minimum atomic E-state index is -0.384. The molecule has 16 heavy (non-hydrogen) atoms. The number of ketones is 1. The van der Waals surface area contributed by atoms with Gasteiger partial charge in [-0.1, -0.05) is 0 Å². The van der Waals surface area contributed by atoms with Crippen LogP contribution in [-0.2, 0) is 0 Å². The number of benzene rings is 1. The van der Waals surface area contributed by atoms with Crippen LogP contribution >= 0.6 is 11.3 Å². The second kappa shape index (κ2) is 4.14. The highest BCUT2D eigenvalue weighted by molar-refractivity contribution is 7.12. The summed E-state index contributed by atoms with van der Waals surface area (Å²) in [6.45, 7) is 3.54. The normalized spacial score (nSPS) is 10.4. The van der Waals surface area contributed by atoms with Crippen molar-refractivity contribution in [2.75, 3.05) is 0 Å². The molecule has 2 rings (SSSR count). The van der Waals surface area contributed by atoms with Crippen molar-refractivity contribution in [1.82, 2.24) is 4.98 Å². The Bertz CT molecular complexity index is 527. The summed E-state index contributed by atoms with van der Waals surface area (Å²) in [4.78, 5) is 16.6. The molecule has 0 aliphatic heterocycles. The van der Waals surface area contributed by atoms with Gasteiger partial charge in [0, 0.05) is 5.56 Å². The van der Waals surface area contributed by atoms with Crippen LogP contribution in [0.1, 0.15) is 26.5 Å². The van der Waals surface area contributed by atoms with Crippen LogP contribution < -0.4 is 0 Å². The summed E-state index contributed by atoms with van der Waals surface area (Å²) >= 11 is 1.28. The first kappa shape index (κ1) is 11.0. The molecule has 1 heterocycles. The average Bonchev–Trinajstić information content (AvgIpc) is 2.62. The molecule has 2 nitrogen and oxygen atoms in total. The Morgan fingerprint density at radius 2 is 2.06 bits per heavy atom. The monoisotopic (exact) mass is 235 g/mol. The third-order valence-electron chi connectivity index (χ3n) is 2.26. The first-order valence-corrected chi connectivity index (χ1v) is 5.68. The molecule has 82 valence electrons. The molecule has 1 aromatic carbocycles. The SMILES string of the molecule is Cc1cc(F)cc(C(=O)c2scnc2C)c1. The maximum absolute atomic E-state index is 13.2. The largest absolute Gasteiger partial charge is 0.288 e. The lowest BCUT2D eigenvalue weighted by atomic mass is 10.1. The molecule has 0 spiro atoms. The molecule has 0 atom stereocenters. The van der Waals surface area contributed by atoms with E-state index in [1.807, 2.05) is 0 Å². The number of carbonyl (C=O) groups is 1. The van der Waals surface area contributed by atoms with E-state index in [2.05, 4.69) is 4.98 Å². The summed E-state index contributed by atoms with van der Waals surface area (Å²) < 4.78 is 13.2. The number of hydrogen-bond acceptors (Lipinski definition) is 3. The number of aromatic nitrogens is 1. The number of hydrogen-bond donors (Lipinski definition) is 0. The third kappa shape index (κ3) is 2.02. The van der Waals surface area contributed by atoms with Crippen molar-refractivity contribution in [2.24, 2.45) is 0 Å². The van der Waals surface area contributed by atoms with Crippen LogP contribution in [0.15, 0.2) is 23.7 Å². The maximum Gasteiger partial charge on any atom is 0.204 e. The zero-order valence-electron chi connectivity index (χ0n) is 8.95. The smallest absolute Gasteiger partial charge is 0.204 e. The molecule has 2 aromatic rings. The number of aryl methyl sites for hydroxylation is 2. The molecule has 0 saturated carbocycles. The third-order valence-corrected chi connectivity index (χ3v) is 3.18. The highest BCUT2D eigenvalue weighted by Crippen LogP contribution is 2.19. The summed E-state index contributed by atoms with van der Waals surface area (Å²) in [6, 6.07) is 4.34. The molecule has 0 amide bonds. The van der Waals surface area contributed by atoms with Crippen LogP contribution in [0.3, 0.4) is 0 Å². The fraction of sp³-hybridized carbons (Fsp3) is 0.167. The zero-order valence-corrected chi connectivity index (χ0v) is 9.77. The van der Waals surface area contributed by atoms with E-state index >= 15 is 0 Å². The fourth-order valence-corrected chi connectivity index (χ4v) is 2.28. The minimum absolute atomic E-state index is 0.164. The van der Waals surface area contributed by atoms with Crippen LogP contribution in [0.2, 0.25) is 0 Å². The van der Waals surface area contributed by atoms with E-state index in [1.165, 1.54) is 23.5 Å². The van der Waals surface area contributed by atoms with E-state index in [9.17, 15) is 9.18 Å². The van der Waals surface area contributed by atoms with Gasteiger partial charge in [0.1, 0.15) is 5.82 Å². The van der Waals surface area contributed by atoms with Gasteiger partial charge in [-0.3, -0.25) is 4.79 Å². The van der Waals surface area contributed by atoms with E-state index in [1.54, 1.807) is 25.4 Å². The Labute approximate surface area is 96.8 Å². The molecule has 1 aromatic heterocycles. The van der Waals surface area contributed by atoms with Crippen LogP contribution in [0, 0.1) is 19.7 Å². The predicted octanol–water partition coefficient (Wildman–Crippen LogP) is 3.13. The summed E-state index contributed by atoms with van der Waals surface area (Å²) in [7, 11) is 0.